The summed E-state index contributed by atoms with van der Waals surface area (Å²) in [6, 6.07) is 5.87. The van der Waals surface area contributed by atoms with Crippen LogP contribution in [0, 0.1) is 11.8 Å². The van der Waals surface area contributed by atoms with E-state index in [-0.39, 0.29) is 0 Å². The van der Waals surface area contributed by atoms with Crippen LogP contribution in [0.15, 0.2) is 18.2 Å². The monoisotopic (exact) mass is 368 g/mol. The second-order valence-corrected chi connectivity index (χ2v) is 8.13. The number of piperidine rings is 1. The van der Waals surface area contributed by atoms with Gasteiger partial charge < -0.3 is 4.90 Å². The predicted molar refractivity (Wildman–Crippen MR) is 99.4 cm³/mol. The Morgan fingerprint density at radius 3 is 2.46 bits per heavy atom. The lowest BCUT2D eigenvalue weighted by atomic mass is 9.84. The summed E-state index contributed by atoms with van der Waals surface area (Å²) in [5.74, 6) is 1.30. The number of rotatable bonds is 5. The second-order valence-electron chi connectivity index (χ2n) is 7.31. The molecule has 1 aliphatic heterocycles. The topological polar surface area (TPSA) is 23.6 Å². The van der Waals surface area contributed by atoms with E-state index in [1.165, 1.54) is 12.0 Å². The van der Waals surface area contributed by atoms with E-state index >= 15 is 0 Å². The first-order valence-electron chi connectivity index (χ1n) is 8.94. The third-order valence-corrected chi connectivity index (χ3v) is 6.20. The SMILES string of the molecule is CN(CC1CCN(Cc2ccc(Cl)c(Cl)c2)CC1)C(=O)C1CCC1. The van der Waals surface area contributed by atoms with Gasteiger partial charge >= 0.3 is 0 Å². The smallest absolute Gasteiger partial charge is 0.225 e. The Morgan fingerprint density at radius 2 is 1.88 bits per heavy atom. The summed E-state index contributed by atoms with van der Waals surface area (Å²) in [6.07, 6.45) is 5.71. The van der Waals surface area contributed by atoms with Gasteiger partial charge in [-0.3, -0.25) is 9.69 Å². The van der Waals surface area contributed by atoms with Crippen LogP contribution in [-0.2, 0) is 11.3 Å². The van der Waals surface area contributed by atoms with Crippen molar-refractivity contribution in [3.8, 4) is 0 Å². The molecule has 0 unspecified atom stereocenters. The number of carbonyl (C=O) groups excluding carboxylic acids is 1. The minimum Gasteiger partial charge on any atom is -0.345 e. The van der Waals surface area contributed by atoms with Crippen molar-refractivity contribution in [3.05, 3.63) is 33.8 Å². The first-order chi connectivity index (χ1) is 11.5. The van der Waals surface area contributed by atoms with Crippen LogP contribution in [-0.4, -0.2) is 42.4 Å². The Balaban J connectivity index is 1.43. The van der Waals surface area contributed by atoms with Gasteiger partial charge in [0.1, 0.15) is 0 Å². The third-order valence-electron chi connectivity index (χ3n) is 5.46. The van der Waals surface area contributed by atoms with Crippen LogP contribution in [0.5, 0.6) is 0 Å². The molecule has 1 heterocycles. The molecule has 2 fully saturated rings. The van der Waals surface area contributed by atoms with Crippen LogP contribution in [0.25, 0.3) is 0 Å². The third kappa shape index (κ3) is 4.44. The number of carbonyl (C=O) groups is 1. The summed E-state index contributed by atoms with van der Waals surface area (Å²) in [4.78, 5) is 16.7. The molecule has 0 bridgehead atoms. The molecule has 1 aromatic carbocycles. The van der Waals surface area contributed by atoms with Crippen molar-refractivity contribution in [3.63, 3.8) is 0 Å². The number of likely N-dealkylation sites (tertiary alicyclic amines) is 1. The van der Waals surface area contributed by atoms with Crippen molar-refractivity contribution >= 4 is 29.1 Å². The lowest BCUT2D eigenvalue weighted by Crippen LogP contribution is -2.42. The Hall–Kier alpha value is -0.770. The molecule has 0 radical (unpaired) electrons. The number of hydrogen-bond acceptors (Lipinski definition) is 2. The zero-order valence-corrected chi connectivity index (χ0v) is 15.8. The van der Waals surface area contributed by atoms with Crippen molar-refractivity contribution in [2.75, 3.05) is 26.7 Å². The molecule has 3 nitrogen and oxygen atoms in total. The Labute approximate surface area is 154 Å². The van der Waals surface area contributed by atoms with E-state index in [0.717, 1.165) is 51.9 Å². The largest absolute Gasteiger partial charge is 0.345 e. The standard InChI is InChI=1S/C19H26Cl2N2O/c1-22(19(24)16-3-2-4-16)12-14-7-9-23(10-8-14)13-15-5-6-17(20)18(21)11-15/h5-6,11,14,16H,2-4,7-10,12-13H2,1H3. The van der Waals surface area contributed by atoms with Crippen molar-refractivity contribution in [2.24, 2.45) is 11.8 Å². The van der Waals surface area contributed by atoms with Crippen LogP contribution >= 0.6 is 23.2 Å². The van der Waals surface area contributed by atoms with Gasteiger partial charge in [-0.15, -0.1) is 0 Å². The Morgan fingerprint density at radius 1 is 1.17 bits per heavy atom. The van der Waals surface area contributed by atoms with Gasteiger partial charge in [-0.25, -0.2) is 0 Å². The van der Waals surface area contributed by atoms with Crippen LogP contribution < -0.4 is 0 Å². The quantitative estimate of drug-likeness (QED) is 0.765. The van der Waals surface area contributed by atoms with Crippen molar-refractivity contribution < 1.29 is 4.79 Å². The summed E-state index contributed by atoms with van der Waals surface area (Å²) in [7, 11) is 1.97. The molecule has 0 spiro atoms. The lowest BCUT2D eigenvalue weighted by Gasteiger charge is -2.35. The molecule has 2 aliphatic rings. The lowest BCUT2D eigenvalue weighted by molar-refractivity contribution is -0.137. The average molecular weight is 369 g/mol. The number of amides is 1. The molecule has 0 aromatic heterocycles. The highest BCUT2D eigenvalue weighted by molar-refractivity contribution is 6.42. The summed E-state index contributed by atoms with van der Waals surface area (Å²) in [6.45, 7) is 3.99. The Bertz CT molecular complexity index is 581. The molecular weight excluding hydrogens is 343 g/mol. The summed E-state index contributed by atoms with van der Waals surface area (Å²) < 4.78 is 0. The minimum absolute atomic E-state index is 0.310. The van der Waals surface area contributed by atoms with Gasteiger partial charge in [0.15, 0.2) is 0 Å². The minimum atomic E-state index is 0.310. The fraction of sp³-hybridized carbons (Fsp3) is 0.632. The predicted octanol–water partition coefficient (Wildman–Crippen LogP) is 4.46. The van der Waals surface area contributed by atoms with E-state index < -0.39 is 0 Å². The molecule has 5 heteroatoms. The van der Waals surface area contributed by atoms with Crippen LogP contribution in [0.4, 0.5) is 0 Å². The fourth-order valence-electron chi connectivity index (χ4n) is 3.67. The fourth-order valence-corrected chi connectivity index (χ4v) is 3.99. The molecule has 1 saturated carbocycles. The van der Waals surface area contributed by atoms with Crippen LogP contribution in [0.2, 0.25) is 10.0 Å². The van der Waals surface area contributed by atoms with E-state index in [1.54, 1.807) is 0 Å². The van der Waals surface area contributed by atoms with E-state index in [2.05, 4.69) is 4.90 Å². The van der Waals surface area contributed by atoms with Gasteiger partial charge in [-0.1, -0.05) is 35.7 Å². The summed E-state index contributed by atoms with van der Waals surface area (Å²) >= 11 is 12.1. The zero-order valence-electron chi connectivity index (χ0n) is 14.3. The first-order valence-corrected chi connectivity index (χ1v) is 9.70. The highest BCUT2D eigenvalue weighted by atomic mass is 35.5. The maximum absolute atomic E-state index is 12.3. The van der Waals surface area contributed by atoms with Gasteiger partial charge in [-0.2, -0.15) is 0 Å². The summed E-state index contributed by atoms with van der Waals surface area (Å²) in [5.41, 5.74) is 1.21. The van der Waals surface area contributed by atoms with E-state index in [9.17, 15) is 4.79 Å². The van der Waals surface area contributed by atoms with Gasteiger partial charge in [0.25, 0.3) is 0 Å². The van der Waals surface area contributed by atoms with Gasteiger partial charge in [0.05, 0.1) is 10.0 Å². The molecule has 1 aliphatic carbocycles. The average Bonchev–Trinajstić information content (AvgIpc) is 2.51. The summed E-state index contributed by atoms with van der Waals surface area (Å²) in [5, 5.41) is 1.23. The highest BCUT2D eigenvalue weighted by Gasteiger charge is 2.29. The van der Waals surface area contributed by atoms with Gasteiger partial charge in [0, 0.05) is 26.1 Å². The molecule has 3 rings (SSSR count). The number of nitrogens with zero attached hydrogens (tertiary/aromatic N) is 2. The second kappa shape index (κ2) is 8.07. The van der Waals surface area contributed by atoms with E-state index in [0.29, 0.717) is 27.8 Å². The number of halogens is 2. The van der Waals surface area contributed by atoms with Crippen molar-refractivity contribution in [1.29, 1.82) is 0 Å². The molecule has 1 amide bonds. The number of hydrogen-bond donors (Lipinski definition) is 0. The van der Waals surface area contributed by atoms with Crippen molar-refractivity contribution in [1.82, 2.24) is 9.80 Å². The maximum atomic E-state index is 12.3. The van der Waals surface area contributed by atoms with E-state index in [4.69, 9.17) is 23.2 Å². The van der Waals surface area contributed by atoms with Gasteiger partial charge in [-0.05, 0) is 62.4 Å². The molecule has 0 N–H and O–H groups in total. The zero-order chi connectivity index (χ0) is 17.1. The molecule has 132 valence electrons. The molecular formula is C19H26Cl2N2O. The van der Waals surface area contributed by atoms with Gasteiger partial charge in [0.2, 0.25) is 5.91 Å². The number of benzene rings is 1. The molecule has 0 atom stereocenters. The molecule has 1 saturated heterocycles. The van der Waals surface area contributed by atoms with E-state index in [1.807, 2.05) is 30.1 Å². The molecule has 1 aromatic rings. The highest BCUT2D eigenvalue weighted by Crippen LogP contribution is 2.29. The van der Waals surface area contributed by atoms with Crippen molar-refractivity contribution in [2.45, 2.75) is 38.6 Å². The normalized spacial score (nSPS) is 20.0. The van der Waals surface area contributed by atoms with Crippen LogP contribution in [0.1, 0.15) is 37.7 Å². The first kappa shape index (κ1) is 18.0. The maximum Gasteiger partial charge on any atom is 0.225 e. The van der Waals surface area contributed by atoms with Crippen LogP contribution in [0.3, 0.4) is 0 Å². The Kier molecular flexibility index (Phi) is 6.07. The molecule has 24 heavy (non-hydrogen) atoms.